The molecule has 3 heterocycles. The predicted molar refractivity (Wildman–Crippen MR) is 114 cm³/mol. The molecule has 0 bridgehead atoms. The molecule has 4 rings (SSSR count). The lowest BCUT2D eigenvalue weighted by Crippen LogP contribution is -2.23. The van der Waals surface area contributed by atoms with Crippen molar-refractivity contribution in [2.75, 3.05) is 26.0 Å². The van der Waals surface area contributed by atoms with E-state index >= 15 is 0 Å². The molecular formula is C21H22FN5OS. The highest BCUT2D eigenvalue weighted by Crippen LogP contribution is 2.40. The first kappa shape index (κ1) is 19.5. The van der Waals surface area contributed by atoms with Crippen molar-refractivity contribution < 1.29 is 9.18 Å². The quantitative estimate of drug-likeness (QED) is 0.647. The Balaban J connectivity index is 1.60. The van der Waals surface area contributed by atoms with Crippen LogP contribution in [0.25, 0.3) is 10.2 Å². The van der Waals surface area contributed by atoms with E-state index in [0.717, 1.165) is 32.9 Å². The molecule has 8 heteroatoms. The van der Waals surface area contributed by atoms with Gasteiger partial charge in [-0.25, -0.2) is 14.4 Å². The number of hydrogen-bond donors (Lipinski definition) is 1. The van der Waals surface area contributed by atoms with Crippen molar-refractivity contribution in [3.63, 3.8) is 0 Å². The van der Waals surface area contributed by atoms with Gasteiger partial charge < -0.3 is 15.1 Å². The van der Waals surface area contributed by atoms with Crippen LogP contribution in [0.1, 0.15) is 16.0 Å². The van der Waals surface area contributed by atoms with Crippen molar-refractivity contribution in [2.45, 2.75) is 20.0 Å². The van der Waals surface area contributed by atoms with E-state index in [1.165, 1.54) is 12.4 Å². The molecule has 0 saturated carbocycles. The molecule has 0 aliphatic carbocycles. The number of hydrogen-bond acceptors (Lipinski definition) is 6. The van der Waals surface area contributed by atoms with Gasteiger partial charge in [0, 0.05) is 35.3 Å². The first-order valence-electron chi connectivity index (χ1n) is 9.31. The number of nitrogens with one attached hydrogen (secondary N) is 1. The van der Waals surface area contributed by atoms with E-state index in [4.69, 9.17) is 0 Å². The minimum atomic E-state index is -0.240. The molecule has 1 N–H and O–H groups in total. The van der Waals surface area contributed by atoms with E-state index in [-0.39, 0.29) is 11.7 Å². The van der Waals surface area contributed by atoms with Crippen LogP contribution < -0.4 is 5.32 Å². The molecule has 150 valence electrons. The molecule has 0 fully saturated rings. The number of likely N-dealkylation sites (N-methyl/N-ethyl adjacent to an activating group) is 1. The molecule has 0 radical (unpaired) electrons. The number of thiophene rings is 1. The van der Waals surface area contributed by atoms with Gasteiger partial charge in [-0.1, -0.05) is 6.08 Å². The van der Waals surface area contributed by atoms with Crippen molar-refractivity contribution in [2.24, 2.45) is 0 Å². The predicted octanol–water partition coefficient (Wildman–Crippen LogP) is 3.84. The molecule has 29 heavy (non-hydrogen) atoms. The van der Waals surface area contributed by atoms with Crippen molar-refractivity contribution in [1.82, 2.24) is 19.8 Å². The van der Waals surface area contributed by atoms with Crippen molar-refractivity contribution >= 4 is 39.0 Å². The first-order valence-corrected chi connectivity index (χ1v) is 10.1. The average Bonchev–Trinajstić information content (AvgIpc) is 3.22. The second-order valence-corrected chi connectivity index (χ2v) is 8.44. The van der Waals surface area contributed by atoms with Gasteiger partial charge in [0.25, 0.3) is 0 Å². The fraction of sp³-hybridized carbons (Fsp3) is 0.286. The van der Waals surface area contributed by atoms with Gasteiger partial charge in [0.2, 0.25) is 5.91 Å². The number of nitrogens with zero attached hydrogens (tertiary/aromatic N) is 4. The zero-order chi connectivity index (χ0) is 20.5. The third kappa shape index (κ3) is 3.99. The number of carbonyl (C=O) groups excluding carboxylic acids is 1. The highest BCUT2D eigenvalue weighted by atomic mass is 32.1. The average molecular weight is 412 g/mol. The number of amides is 1. The van der Waals surface area contributed by atoms with Crippen LogP contribution in [0.15, 0.2) is 36.7 Å². The Kier molecular flexibility index (Phi) is 5.29. The number of fused-ring (bicyclic) bond motifs is 3. The van der Waals surface area contributed by atoms with Crippen LogP contribution in [0.5, 0.6) is 0 Å². The number of carbonyl (C=O) groups is 1. The summed E-state index contributed by atoms with van der Waals surface area (Å²) in [6.45, 7) is 3.57. The molecule has 0 atom stereocenters. The second-order valence-electron chi connectivity index (χ2n) is 7.35. The molecule has 1 aliphatic rings. The zero-order valence-electron chi connectivity index (χ0n) is 16.6. The van der Waals surface area contributed by atoms with E-state index in [1.807, 2.05) is 30.0 Å². The van der Waals surface area contributed by atoms with Crippen LogP contribution in [0.3, 0.4) is 0 Å². The Hall–Kier alpha value is -2.84. The van der Waals surface area contributed by atoms with Crippen LogP contribution in [0.4, 0.5) is 15.9 Å². The normalized spacial score (nSPS) is 13.6. The lowest BCUT2D eigenvalue weighted by atomic mass is 10.2. The van der Waals surface area contributed by atoms with Crippen LogP contribution in [-0.2, 0) is 17.9 Å². The van der Waals surface area contributed by atoms with E-state index in [9.17, 15) is 9.18 Å². The minimum absolute atomic E-state index is 0.00363. The molecule has 0 spiro atoms. The zero-order valence-corrected chi connectivity index (χ0v) is 17.4. The summed E-state index contributed by atoms with van der Waals surface area (Å²) in [7, 11) is 3.93. The molecule has 0 saturated heterocycles. The maximum absolute atomic E-state index is 13.6. The summed E-state index contributed by atoms with van der Waals surface area (Å²) in [5, 5.41) is 4.22. The van der Waals surface area contributed by atoms with Crippen molar-refractivity contribution in [1.29, 1.82) is 0 Å². The number of halogens is 1. The Morgan fingerprint density at radius 3 is 2.93 bits per heavy atom. The topological polar surface area (TPSA) is 61.4 Å². The van der Waals surface area contributed by atoms with Gasteiger partial charge >= 0.3 is 0 Å². The molecule has 0 unspecified atom stereocenters. The summed E-state index contributed by atoms with van der Waals surface area (Å²) >= 11 is 1.59. The lowest BCUT2D eigenvalue weighted by Gasteiger charge is -2.14. The van der Waals surface area contributed by atoms with E-state index in [2.05, 4.69) is 15.3 Å². The summed E-state index contributed by atoms with van der Waals surface area (Å²) in [5.74, 6) is 0.441. The highest BCUT2D eigenvalue weighted by Gasteiger charge is 2.28. The Bertz CT molecular complexity index is 1110. The summed E-state index contributed by atoms with van der Waals surface area (Å²) in [5.41, 5.74) is 2.42. The SMILES string of the molecule is Cc1cc(Nc2ncnc3sc4c(c23)CN(C(=O)/C=C/CN(C)C)C4)ccc1F. The largest absolute Gasteiger partial charge is 0.340 e. The van der Waals surface area contributed by atoms with E-state index in [0.29, 0.717) is 24.5 Å². The molecule has 1 amide bonds. The molecule has 3 aromatic rings. The van der Waals surface area contributed by atoms with E-state index < -0.39 is 0 Å². The fourth-order valence-corrected chi connectivity index (χ4v) is 4.50. The molecule has 1 aliphatic heterocycles. The summed E-state index contributed by atoms with van der Waals surface area (Å²) in [6, 6.07) is 4.88. The number of anilines is 2. The summed E-state index contributed by atoms with van der Waals surface area (Å²) < 4.78 is 13.6. The van der Waals surface area contributed by atoms with Gasteiger partial charge in [0.1, 0.15) is 22.8 Å². The lowest BCUT2D eigenvalue weighted by molar-refractivity contribution is -0.126. The summed E-state index contributed by atoms with van der Waals surface area (Å²) in [4.78, 5) is 27.2. The molecular weight excluding hydrogens is 389 g/mol. The highest BCUT2D eigenvalue weighted by molar-refractivity contribution is 7.19. The van der Waals surface area contributed by atoms with Crippen molar-refractivity contribution in [3.05, 3.63) is 58.5 Å². The maximum Gasteiger partial charge on any atom is 0.246 e. The third-order valence-corrected chi connectivity index (χ3v) is 5.94. The third-order valence-electron chi connectivity index (χ3n) is 4.82. The van der Waals surface area contributed by atoms with Crippen LogP contribution in [-0.4, -0.2) is 46.3 Å². The molecule has 1 aromatic carbocycles. The number of aromatic nitrogens is 2. The van der Waals surface area contributed by atoms with Gasteiger partial charge in [-0.3, -0.25) is 4.79 Å². The summed E-state index contributed by atoms with van der Waals surface area (Å²) in [6.07, 6.45) is 5.04. The maximum atomic E-state index is 13.6. The van der Waals surface area contributed by atoms with Gasteiger partial charge in [-0.2, -0.15) is 0 Å². The van der Waals surface area contributed by atoms with E-state index in [1.54, 1.807) is 36.5 Å². The Labute approximate surface area is 172 Å². The Morgan fingerprint density at radius 1 is 1.34 bits per heavy atom. The van der Waals surface area contributed by atoms with Gasteiger partial charge in [-0.05, 0) is 44.8 Å². The van der Waals surface area contributed by atoms with Gasteiger partial charge in [-0.15, -0.1) is 11.3 Å². The van der Waals surface area contributed by atoms with Gasteiger partial charge in [0.15, 0.2) is 0 Å². The van der Waals surface area contributed by atoms with Crippen molar-refractivity contribution in [3.8, 4) is 0 Å². The van der Waals surface area contributed by atoms with Gasteiger partial charge in [0.05, 0.1) is 11.9 Å². The Morgan fingerprint density at radius 2 is 2.17 bits per heavy atom. The smallest absolute Gasteiger partial charge is 0.246 e. The second kappa shape index (κ2) is 7.88. The number of benzene rings is 1. The van der Waals surface area contributed by atoms with Crippen LogP contribution in [0.2, 0.25) is 0 Å². The minimum Gasteiger partial charge on any atom is -0.340 e. The first-order chi connectivity index (χ1) is 13.9. The number of aryl methyl sites for hydroxylation is 1. The number of rotatable bonds is 5. The fourth-order valence-electron chi connectivity index (χ4n) is 3.33. The standard InChI is InChI=1S/C21H22FN5OS/c1-13-9-14(6-7-16(13)22)25-20-19-15-10-27(18(28)5-4-8-26(2)3)11-17(15)29-21(19)24-12-23-20/h4-7,9,12H,8,10-11H2,1-3H3,(H,23,24,25)/b5-4+. The molecule has 2 aromatic heterocycles. The van der Waals surface area contributed by atoms with Crippen LogP contribution >= 0.6 is 11.3 Å². The molecule has 6 nitrogen and oxygen atoms in total. The monoisotopic (exact) mass is 411 g/mol. The van der Waals surface area contributed by atoms with Crippen LogP contribution in [0, 0.1) is 12.7 Å².